The molecule has 17 heavy (non-hydrogen) atoms. The Hall–Kier alpha value is -1.72. The number of hydrogen-bond donors (Lipinski definition) is 0. The van der Waals surface area contributed by atoms with Crippen molar-refractivity contribution in [1.29, 1.82) is 0 Å². The number of carbonyl (C=O) groups is 1. The molecule has 1 aromatic heterocycles. The van der Waals surface area contributed by atoms with Gasteiger partial charge < -0.3 is 19.1 Å². The van der Waals surface area contributed by atoms with Crippen molar-refractivity contribution in [3.05, 3.63) is 11.8 Å². The number of aryl methyl sites for hydroxylation is 1. The Morgan fingerprint density at radius 3 is 2.71 bits per heavy atom. The van der Waals surface area contributed by atoms with E-state index < -0.39 is 0 Å². The first-order valence-electron chi connectivity index (χ1n) is 5.80. The molecule has 0 atom stereocenters. The Morgan fingerprint density at radius 2 is 2.18 bits per heavy atom. The number of carbonyl (C=O) groups excluding carboxylic acids is 1. The molecule has 0 aliphatic carbocycles. The molecule has 6 heteroatoms. The van der Waals surface area contributed by atoms with Gasteiger partial charge in [-0.15, -0.1) is 0 Å². The largest absolute Gasteiger partial charge is 0.450 e. The second-order valence-electron chi connectivity index (χ2n) is 3.97. The zero-order valence-electron chi connectivity index (χ0n) is 10.2. The number of rotatable bonds is 2. The molecule has 0 saturated carbocycles. The van der Waals surface area contributed by atoms with E-state index in [0.29, 0.717) is 19.7 Å². The monoisotopic (exact) mass is 239 g/mol. The summed E-state index contributed by atoms with van der Waals surface area (Å²) in [6.45, 7) is 6.92. The van der Waals surface area contributed by atoms with Crippen LogP contribution < -0.4 is 4.90 Å². The van der Waals surface area contributed by atoms with E-state index in [1.807, 2.05) is 19.9 Å². The van der Waals surface area contributed by atoms with Gasteiger partial charge in [-0.25, -0.2) is 4.79 Å². The van der Waals surface area contributed by atoms with Crippen LogP contribution in [0.15, 0.2) is 10.6 Å². The summed E-state index contributed by atoms with van der Waals surface area (Å²) in [5.74, 6) is 1.64. The fraction of sp³-hybridized carbons (Fsp3) is 0.636. The molecule has 0 aromatic carbocycles. The van der Waals surface area contributed by atoms with Crippen LogP contribution in [-0.2, 0) is 4.74 Å². The summed E-state index contributed by atoms with van der Waals surface area (Å²) in [7, 11) is 0. The van der Waals surface area contributed by atoms with Crippen LogP contribution in [0.25, 0.3) is 0 Å². The summed E-state index contributed by atoms with van der Waals surface area (Å²) in [5, 5.41) is 3.96. The summed E-state index contributed by atoms with van der Waals surface area (Å²) in [5.41, 5.74) is 0. The van der Waals surface area contributed by atoms with Gasteiger partial charge in [0.1, 0.15) is 5.76 Å². The molecule has 1 aliphatic rings. The van der Waals surface area contributed by atoms with E-state index >= 15 is 0 Å². The normalized spacial score (nSPS) is 16.1. The molecule has 0 unspecified atom stereocenters. The van der Waals surface area contributed by atoms with Crippen molar-refractivity contribution in [3.8, 4) is 0 Å². The molecule has 1 amide bonds. The van der Waals surface area contributed by atoms with Gasteiger partial charge in [0.15, 0.2) is 5.82 Å². The lowest BCUT2D eigenvalue weighted by atomic mass is 10.3. The third-order valence-corrected chi connectivity index (χ3v) is 2.75. The van der Waals surface area contributed by atoms with Gasteiger partial charge in [0.05, 0.1) is 6.61 Å². The minimum absolute atomic E-state index is 0.233. The number of piperazine rings is 1. The minimum atomic E-state index is -0.233. The fourth-order valence-corrected chi connectivity index (χ4v) is 1.84. The maximum atomic E-state index is 11.5. The number of anilines is 1. The van der Waals surface area contributed by atoms with Crippen molar-refractivity contribution in [3.63, 3.8) is 0 Å². The first-order valence-corrected chi connectivity index (χ1v) is 5.80. The highest BCUT2D eigenvalue weighted by molar-refractivity contribution is 5.68. The molecule has 1 aromatic rings. The Morgan fingerprint density at radius 1 is 1.47 bits per heavy atom. The second-order valence-corrected chi connectivity index (χ2v) is 3.97. The molecule has 0 spiro atoms. The number of amides is 1. The van der Waals surface area contributed by atoms with Crippen molar-refractivity contribution in [2.24, 2.45) is 0 Å². The zero-order chi connectivity index (χ0) is 12.3. The smallest absolute Gasteiger partial charge is 0.409 e. The van der Waals surface area contributed by atoms with E-state index in [-0.39, 0.29) is 6.09 Å². The predicted molar refractivity (Wildman–Crippen MR) is 62.0 cm³/mol. The van der Waals surface area contributed by atoms with Crippen LogP contribution in [0.5, 0.6) is 0 Å². The van der Waals surface area contributed by atoms with Crippen LogP contribution in [0.2, 0.25) is 0 Å². The molecule has 0 bridgehead atoms. The Balaban J connectivity index is 1.88. The maximum Gasteiger partial charge on any atom is 0.409 e. The van der Waals surface area contributed by atoms with Crippen LogP contribution in [0.3, 0.4) is 0 Å². The zero-order valence-corrected chi connectivity index (χ0v) is 10.2. The van der Waals surface area contributed by atoms with E-state index in [1.165, 1.54) is 0 Å². The van der Waals surface area contributed by atoms with Crippen LogP contribution in [0, 0.1) is 6.92 Å². The molecule has 1 aliphatic heterocycles. The molecular weight excluding hydrogens is 222 g/mol. The average molecular weight is 239 g/mol. The lowest BCUT2D eigenvalue weighted by molar-refractivity contribution is 0.105. The summed E-state index contributed by atoms with van der Waals surface area (Å²) in [4.78, 5) is 15.3. The summed E-state index contributed by atoms with van der Waals surface area (Å²) in [6, 6.07) is 1.90. The van der Waals surface area contributed by atoms with Gasteiger partial charge in [-0.3, -0.25) is 0 Å². The Bertz CT molecular complexity index is 383. The van der Waals surface area contributed by atoms with Crippen LogP contribution in [0.4, 0.5) is 10.6 Å². The van der Waals surface area contributed by atoms with Crippen molar-refractivity contribution in [1.82, 2.24) is 10.1 Å². The average Bonchev–Trinajstić information content (AvgIpc) is 2.76. The summed E-state index contributed by atoms with van der Waals surface area (Å²) < 4.78 is 9.99. The first-order chi connectivity index (χ1) is 8.20. The van der Waals surface area contributed by atoms with Crippen molar-refractivity contribution in [2.45, 2.75) is 13.8 Å². The minimum Gasteiger partial charge on any atom is -0.450 e. The molecular formula is C11H17N3O3. The number of ether oxygens (including phenoxy) is 1. The first kappa shape index (κ1) is 11.8. The van der Waals surface area contributed by atoms with Gasteiger partial charge in [-0.05, 0) is 13.8 Å². The molecule has 0 radical (unpaired) electrons. The molecule has 1 fully saturated rings. The Kier molecular flexibility index (Phi) is 3.51. The highest BCUT2D eigenvalue weighted by atomic mass is 16.6. The van der Waals surface area contributed by atoms with Gasteiger partial charge >= 0.3 is 6.09 Å². The lowest BCUT2D eigenvalue weighted by Crippen LogP contribution is -2.49. The van der Waals surface area contributed by atoms with Gasteiger partial charge in [-0.1, -0.05) is 5.16 Å². The third-order valence-electron chi connectivity index (χ3n) is 2.75. The van der Waals surface area contributed by atoms with Crippen LogP contribution in [0.1, 0.15) is 12.7 Å². The van der Waals surface area contributed by atoms with E-state index in [2.05, 4.69) is 10.1 Å². The predicted octanol–water partition coefficient (Wildman–Crippen LogP) is 1.26. The number of hydrogen-bond acceptors (Lipinski definition) is 5. The quantitative estimate of drug-likeness (QED) is 0.777. The summed E-state index contributed by atoms with van der Waals surface area (Å²) >= 11 is 0. The van der Waals surface area contributed by atoms with E-state index in [1.54, 1.807) is 4.90 Å². The van der Waals surface area contributed by atoms with E-state index in [9.17, 15) is 4.79 Å². The van der Waals surface area contributed by atoms with Crippen molar-refractivity contribution >= 4 is 11.9 Å². The van der Waals surface area contributed by atoms with E-state index in [0.717, 1.165) is 24.7 Å². The van der Waals surface area contributed by atoms with Gasteiger partial charge in [0, 0.05) is 32.2 Å². The standard InChI is InChI=1S/C11H17N3O3/c1-3-16-11(15)14-6-4-13(5-7-14)10-8-9(2)17-12-10/h8H,3-7H2,1-2H3. The topological polar surface area (TPSA) is 58.8 Å². The maximum absolute atomic E-state index is 11.5. The molecule has 2 rings (SSSR count). The molecule has 6 nitrogen and oxygen atoms in total. The molecule has 1 saturated heterocycles. The van der Waals surface area contributed by atoms with Crippen LogP contribution >= 0.6 is 0 Å². The third kappa shape index (κ3) is 2.69. The number of aromatic nitrogens is 1. The van der Waals surface area contributed by atoms with Crippen molar-refractivity contribution in [2.75, 3.05) is 37.7 Å². The lowest BCUT2D eigenvalue weighted by Gasteiger charge is -2.33. The van der Waals surface area contributed by atoms with Gasteiger partial charge in [0.25, 0.3) is 0 Å². The molecule has 94 valence electrons. The SMILES string of the molecule is CCOC(=O)N1CCN(c2cc(C)on2)CC1. The highest BCUT2D eigenvalue weighted by Crippen LogP contribution is 2.16. The summed E-state index contributed by atoms with van der Waals surface area (Å²) in [6.07, 6.45) is -0.233. The number of nitrogens with zero attached hydrogens (tertiary/aromatic N) is 3. The van der Waals surface area contributed by atoms with Gasteiger partial charge in [-0.2, -0.15) is 0 Å². The highest BCUT2D eigenvalue weighted by Gasteiger charge is 2.23. The fourth-order valence-electron chi connectivity index (χ4n) is 1.84. The second kappa shape index (κ2) is 5.07. The van der Waals surface area contributed by atoms with E-state index in [4.69, 9.17) is 9.26 Å². The van der Waals surface area contributed by atoms with Gasteiger partial charge in [0.2, 0.25) is 0 Å². The molecule has 0 N–H and O–H groups in total. The molecule has 2 heterocycles. The Labute approximate surface area is 100 Å². The van der Waals surface area contributed by atoms with Crippen molar-refractivity contribution < 1.29 is 14.1 Å². The van der Waals surface area contributed by atoms with Crippen LogP contribution in [-0.4, -0.2) is 48.9 Å².